The van der Waals surface area contributed by atoms with Crippen molar-refractivity contribution in [1.82, 2.24) is 0 Å². The Labute approximate surface area is 112 Å². The van der Waals surface area contributed by atoms with Gasteiger partial charge >= 0.3 is 0 Å². The molecule has 102 valence electrons. The molecule has 0 saturated heterocycles. The summed E-state index contributed by atoms with van der Waals surface area (Å²) in [5.41, 5.74) is 6.34. The predicted octanol–water partition coefficient (Wildman–Crippen LogP) is 1.81. The van der Waals surface area contributed by atoms with Gasteiger partial charge in [0.2, 0.25) is 5.91 Å². The van der Waals surface area contributed by atoms with E-state index in [1.807, 2.05) is 30.3 Å². The fourth-order valence-corrected chi connectivity index (χ4v) is 2.12. The van der Waals surface area contributed by atoms with Crippen LogP contribution < -0.4 is 10.6 Å². The molecule has 3 N–H and O–H groups in total. The van der Waals surface area contributed by atoms with Crippen molar-refractivity contribution in [2.24, 2.45) is 22.7 Å². The van der Waals surface area contributed by atoms with E-state index in [0.29, 0.717) is 18.9 Å². The van der Waals surface area contributed by atoms with Gasteiger partial charge in [-0.25, -0.2) is 0 Å². The maximum absolute atomic E-state index is 12.4. The number of anilines is 1. The Morgan fingerprint density at radius 2 is 2.11 bits per heavy atom. The molecule has 1 aromatic carbocycles. The van der Waals surface area contributed by atoms with E-state index in [4.69, 9.17) is 10.9 Å². The molecule has 1 aromatic rings. The van der Waals surface area contributed by atoms with E-state index in [1.165, 1.54) is 0 Å². The Hall–Kier alpha value is -2.04. The quantitative estimate of drug-likeness (QED) is 0.367. The molecule has 2 rings (SSSR count). The summed E-state index contributed by atoms with van der Waals surface area (Å²) < 4.78 is 0. The molecule has 19 heavy (non-hydrogen) atoms. The van der Waals surface area contributed by atoms with Gasteiger partial charge in [-0.3, -0.25) is 4.79 Å². The Morgan fingerprint density at radius 3 is 2.63 bits per heavy atom. The first-order valence-corrected chi connectivity index (χ1v) is 6.46. The zero-order valence-corrected chi connectivity index (χ0v) is 11.0. The topological polar surface area (TPSA) is 78.9 Å². The van der Waals surface area contributed by atoms with E-state index < -0.39 is 0 Å². The third-order valence-electron chi connectivity index (χ3n) is 3.48. The van der Waals surface area contributed by atoms with Crippen molar-refractivity contribution < 1.29 is 10.0 Å². The first-order valence-electron chi connectivity index (χ1n) is 6.46. The molecule has 0 heterocycles. The minimum atomic E-state index is 0.118. The van der Waals surface area contributed by atoms with Crippen LogP contribution in [-0.4, -0.2) is 23.5 Å². The van der Waals surface area contributed by atoms with Gasteiger partial charge < -0.3 is 15.8 Å². The zero-order chi connectivity index (χ0) is 13.8. The number of carbonyl (C=O) groups excluding carboxylic acids is 1. The molecule has 1 aliphatic carbocycles. The van der Waals surface area contributed by atoms with E-state index in [0.717, 1.165) is 12.1 Å². The smallest absolute Gasteiger partial charge is 0.230 e. The SMILES string of the molecule is CC1CC1C(=O)N(CC/C(N)=N/O)c1ccccc1. The Balaban J connectivity index is 2.11. The second-order valence-corrected chi connectivity index (χ2v) is 4.99. The summed E-state index contributed by atoms with van der Waals surface area (Å²) >= 11 is 0. The lowest BCUT2D eigenvalue weighted by molar-refractivity contribution is -0.120. The number of rotatable bonds is 5. The van der Waals surface area contributed by atoms with Crippen molar-refractivity contribution >= 4 is 17.4 Å². The molecule has 0 bridgehead atoms. The van der Waals surface area contributed by atoms with Crippen molar-refractivity contribution in [3.63, 3.8) is 0 Å². The number of amides is 1. The highest BCUT2D eigenvalue weighted by atomic mass is 16.4. The molecular weight excluding hydrogens is 242 g/mol. The predicted molar refractivity (Wildman–Crippen MR) is 74.1 cm³/mol. The van der Waals surface area contributed by atoms with Gasteiger partial charge in [-0.1, -0.05) is 30.3 Å². The number of hydrogen-bond acceptors (Lipinski definition) is 3. The largest absolute Gasteiger partial charge is 0.409 e. The van der Waals surface area contributed by atoms with E-state index in [-0.39, 0.29) is 17.7 Å². The summed E-state index contributed by atoms with van der Waals surface area (Å²) in [7, 11) is 0. The van der Waals surface area contributed by atoms with Gasteiger partial charge in [-0.15, -0.1) is 0 Å². The number of carbonyl (C=O) groups is 1. The third-order valence-corrected chi connectivity index (χ3v) is 3.48. The van der Waals surface area contributed by atoms with Crippen LogP contribution in [0.3, 0.4) is 0 Å². The molecule has 0 spiro atoms. The first kappa shape index (κ1) is 13.4. The van der Waals surface area contributed by atoms with Crippen molar-refractivity contribution in [1.29, 1.82) is 0 Å². The number of para-hydroxylation sites is 1. The van der Waals surface area contributed by atoms with Crippen LogP contribution in [0.2, 0.25) is 0 Å². The van der Waals surface area contributed by atoms with Crippen LogP contribution in [0.15, 0.2) is 35.5 Å². The lowest BCUT2D eigenvalue weighted by atomic mass is 10.2. The molecule has 0 aromatic heterocycles. The molecule has 0 radical (unpaired) electrons. The van der Waals surface area contributed by atoms with Crippen LogP contribution in [0.25, 0.3) is 0 Å². The highest BCUT2D eigenvalue weighted by Gasteiger charge is 2.41. The van der Waals surface area contributed by atoms with Gasteiger partial charge in [0, 0.05) is 24.6 Å². The summed E-state index contributed by atoms with van der Waals surface area (Å²) in [5, 5.41) is 11.5. The normalized spacial score (nSPS) is 22.1. The molecule has 5 nitrogen and oxygen atoms in total. The maximum Gasteiger partial charge on any atom is 0.230 e. The lowest BCUT2D eigenvalue weighted by Crippen LogP contribution is -2.35. The van der Waals surface area contributed by atoms with E-state index >= 15 is 0 Å². The van der Waals surface area contributed by atoms with Crippen molar-refractivity contribution in [2.45, 2.75) is 19.8 Å². The summed E-state index contributed by atoms with van der Waals surface area (Å²) in [5.74, 6) is 0.845. The highest BCUT2D eigenvalue weighted by Crippen LogP contribution is 2.40. The molecule has 1 saturated carbocycles. The monoisotopic (exact) mass is 261 g/mol. The summed E-state index contributed by atoms with van der Waals surface area (Å²) in [4.78, 5) is 14.1. The van der Waals surface area contributed by atoms with Crippen LogP contribution in [0.4, 0.5) is 5.69 Å². The minimum absolute atomic E-state index is 0.118. The number of hydrogen-bond donors (Lipinski definition) is 2. The van der Waals surface area contributed by atoms with Crippen molar-refractivity contribution in [2.75, 3.05) is 11.4 Å². The number of oxime groups is 1. The van der Waals surface area contributed by atoms with Gasteiger partial charge in [0.15, 0.2) is 0 Å². The third kappa shape index (κ3) is 3.24. The second-order valence-electron chi connectivity index (χ2n) is 4.99. The Morgan fingerprint density at radius 1 is 1.47 bits per heavy atom. The van der Waals surface area contributed by atoms with Crippen LogP contribution in [0, 0.1) is 11.8 Å². The molecule has 1 amide bonds. The Kier molecular flexibility index (Phi) is 4.04. The lowest BCUT2D eigenvalue weighted by Gasteiger charge is -2.22. The average Bonchev–Trinajstić information content (AvgIpc) is 3.16. The maximum atomic E-state index is 12.4. The van der Waals surface area contributed by atoms with E-state index in [1.54, 1.807) is 4.90 Å². The molecule has 0 aliphatic heterocycles. The fraction of sp³-hybridized carbons (Fsp3) is 0.429. The van der Waals surface area contributed by atoms with Gasteiger partial charge in [-0.2, -0.15) is 0 Å². The van der Waals surface area contributed by atoms with Crippen molar-refractivity contribution in [3.05, 3.63) is 30.3 Å². The summed E-state index contributed by atoms with van der Waals surface area (Å²) in [6, 6.07) is 9.51. The standard InChI is InChI=1S/C14H19N3O2/c1-10-9-12(10)14(18)17(8-7-13(15)16-19)11-5-3-2-4-6-11/h2-6,10,12,19H,7-9H2,1H3,(H2,15,16). The number of nitrogens with two attached hydrogens (primary N) is 1. The summed E-state index contributed by atoms with van der Waals surface area (Å²) in [6.45, 7) is 2.51. The minimum Gasteiger partial charge on any atom is -0.409 e. The second kappa shape index (κ2) is 5.73. The van der Waals surface area contributed by atoms with E-state index in [9.17, 15) is 4.79 Å². The van der Waals surface area contributed by atoms with Gasteiger partial charge in [0.05, 0.1) is 0 Å². The highest BCUT2D eigenvalue weighted by molar-refractivity contribution is 5.97. The molecule has 5 heteroatoms. The zero-order valence-electron chi connectivity index (χ0n) is 11.0. The molecule has 2 atom stereocenters. The number of amidine groups is 1. The van der Waals surface area contributed by atoms with Gasteiger partial charge in [0.1, 0.15) is 5.84 Å². The van der Waals surface area contributed by atoms with Crippen molar-refractivity contribution in [3.8, 4) is 0 Å². The van der Waals surface area contributed by atoms with Gasteiger partial charge in [-0.05, 0) is 24.5 Å². The molecular formula is C14H19N3O2. The summed E-state index contributed by atoms with van der Waals surface area (Å²) in [6.07, 6.45) is 1.31. The average molecular weight is 261 g/mol. The van der Waals surface area contributed by atoms with Gasteiger partial charge in [0.25, 0.3) is 0 Å². The fourth-order valence-electron chi connectivity index (χ4n) is 2.12. The first-order chi connectivity index (χ1) is 9.13. The number of nitrogens with zero attached hydrogens (tertiary/aromatic N) is 2. The Bertz CT molecular complexity index is 473. The van der Waals surface area contributed by atoms with Crippen LogP contribution in [0.5, 0.6) is 0 Å². The van der Waals surface area contributed by atoms with Crippen LogP contribution in [-0.2, 0) is 4.79 Å². The number of benzene rings is 1. The van der Waals surface area contributed by atoms with Crippen LogP contribution >= 0.6 is 0 Å². The molecule has 1 aliphatic rings. The molecule has 1 fully saturated rings. The van der Waals surface area contributed by atoms with E-state index in [2.05, 4.69) is 12.1 Å². The van der Waals surface area contributed by atoms with Crippen LogP contribution in [0.1, 0.15) is 19.8 Å². The molecule has 2 unspecified atom stereocenters.